The van der Waals surface area contributed by atoms with Crippen LogP contribution in [0.25, 0.3) is 21.7 Å². The largest absolute Gasteiger partial charge is 0.493 e. The Kier molecular flexibility index (Phi) is 6.82. The molecule has 36 heavy (non-hydrogen) atoms. The highest BCUT2D eigenvalue weighted by molar-refractivity contribution is 6.32. The Balaban J connectivity index is 1.30. The summed E-state index contributed by atoms with van der Waals surface area (Å²) in [4.78, 5) is 12.4. The van der Waals surface area contributed by atoms with E-state index in [1.165, 1.54) is 0 Å². The smallest absolute Gasteiger partial charge is 0.302 e. The van der Waals surface area contributed by atoms with Gasteiger partial charge in [-0.05, 0) is 29.7 Å². The van der Waals surface area contributed by atoms with E-state index in [1.807, 2.05) is 72.8 Å². The summed E-state index contributed by atoms with van der Waals surface area (Å²) in [5.74, 6) is 0.480. The molecule has 0 radical (unpaired) electrons. The Hall–Kier alpha value is -4.36. The quantitative estimate of drug-likeness (QED) is 0.235. The molecule has 1 aromatic heterocycles. The van der Waals surface area contributed by atoms with Crippen LogP contribution < -0.4 is 9.47 Å². The molecule has 0 saturated heterocycles. The van der Waals surface area contributed by atoms with Gasteiger partial charge in [-0.3, -0.25) is 4.79 Å². The molecule has 0 aliphatic rings. The Labute approximate surface area is 212 Å². The van der Waals surface area contributed by atoms with Crippen LogP contribution in [-0.4, -0.2) is 28.8 Å². The van der Waals surface area contributed by atoms with Crippen LogP contribution in [0.15, 0.2) is 101 Å². The molecular weight excluding hydrogens is 478 g/mol. The fraction of sp³-hybridized carbons (Fsp3) is 0.107. The predicted molar refractivity (Wildman–Crippen MR) is 140 cm³/mol. The fourth-order valence-electron chi connectivity index (χ4n) is 4.00. The number of halogens is 1. The zero-order valence-corrected chi connectivity index (χ0v) is 19.9. The van der Waals surface area contributed by atoms with Crippen molar-refractivity contribution in [2.45, 2.75) is 6.54 Å². The first-order chi connectivity index (χ1) is 17.6. The second-order valence-corrected chi connectivity index (χ2v) is 8.39. The molecule has 1 amide bonds. The van der Waals surface area contributed by atoms with Crippen LogP contribution in [0.4, 0.5) is 5.69 Å². The normalized spacial score (nSPS) is 11.4. The number of benzene rings is 4. The third-order valence-electron chi connectivity index (χ3n) is 5.69. The molecule has 0 aliphatic carbocycles. The number of carbonyl (C=O) groups excluding carboxylic acids is 1. The lowest BCUT2D eigenvalue weighted by Gasteiger charge is -2.10. The summed E-state index contributed by atoms with van der Waals surface area (Å²) >= 11 is 6.15. The maximum Gasteiger partial charge on any atom is 0.302 e. The van der Waals surface area contributed by atoms with E-state index in [0.29, 0.717) is 28.5 Å². The van der Waals surface area contributed by atoms with Crippen LogP contribution in [-0.2, 0) is 11.3 Å². The van der Waals surface area contributed by atoms with Crippen molar-refractivity contribution >= 4 is 44.9 Å². The lowest BCUT2D eigenvalue weighted by Crippen LogP contribution is -2.08. The standard InChI is InChI=1S/C28H22ClN3O4/c29-22-12-4-6-14-25(22)35-17-16-32-23-13-5-3-11-21(23)27(28(32)34)31-30-26(33)18-36-24-15-7-9-19-8-1-2-10-20(19)24/h1-15,34H,16-18H2. The van der Waals surface area contributed by atoms with Gasteiger partial charge < -0.3 is 19.1 Å². The molecule has 8 heteroatoms. The lowest BCUT2D eigenvalue weighted by atomic mass is 10.1. The van der Waals surface area contributed by atoms with Gasteiger partial charge in [0.2, 0.25) is 5.88 Å². The topological polar surface area (TPSA) is 85.4 Å². The van der Waals surface area contributed by atoms with Crippen LogP contribution in [0.2, 0.25) is 5.02 Å². The average molecular weight is 500 g/mol. The van der Waals surface area contributed by atoms with Crippen molar-refractivity contribution in [1.29, 1.82) is 0 Å². The second kappa shape index (κ2) is 10.5. The van der Waals surface area contributed by atoms with Crippen molar-refractivity contribution in [2.75, 3.05) is 13.2 Å². The first kappa shape index (κ1) is 23.4. The zero-order valence-electron chi connectivity index (χ0n) is 19.2. The molecule has 4 aromatic carbocycles. The van der Waals surface area contributed by atoms with Gasteiger partial charge in [-0.2, -0.15) is 0 Å². The Morgan fingerprint density at radius 2 is 1.53 bits per heavy atom. The summed E-state index contributed by atoms with van der Waals surface area (Å²) in [6.07, 6.45) is 0. The third-order valence-corrected chi connectivity index (χ3v) is 6.00. The van der Waals surface area contributed by atoms with Crippen LogP contribution in [0, 0.1) is 0 Å². The number of rotatable bonds is 8. The molecule has 0 atom stereocenters. The molecule has 180 valence electrons. The minimum absolute atomic E-state index is 0.106. The molecule has 0 spiro atoms. The summed E-state index contributed by atoms with van der Waals surface area (Å²) in [6.45, 7) is 0.332. The van der Waals surface area contributed by atoms with E-state index < -0.39 is 5.91 Å². The number of hydrogen-bond acceptors (Lipinski definition) is 5. The van der Waals surface area contributed by atoms with Crippen LogP contribution >= 0.6 is 11.6 Å². The Morgan fingerprint density at radius 1 is 0.833 bits per heavy atom. The predicted octanol–water partition coefficient (Wildman–Crippen LogP) is 6.92. The van der Waals surface area contributed by atoms with Gasteiger partial charge in [0.1, 0.15) is 18.1 Å². The molecule has 5 aromatic rings. The summed E-state index contributed by atoms with van der Waals surface area (Å²) in [6, 6.07) is 27.9. The van der Waals surface area contributed by atoms with Crippen molar-refractivity contribution in [3.63, 3.8) is 0 Å². The van der Waals surface area contributed by atoms with E-state index in [-0.39, 0.29) is 24.8 Å². The van der Waals surface area contributed by atoms with E-state index in [1.54, 1.807) is 22.8 Å². The van der Waals surface area contributed by atoms with Gasteiger partial charge in [0.25, 0.3) is 0 Å². The first-order valence-electron chi connectivity index (χ1n) is 11.3. The molecule has 0 bridgehead atoms. The Morgan fingerprint density at radius 3 is 2.39 bits per heavy atom. The van der Waals surface area contributed by atoms with Gasteiger partial charge in [0, 0.05) is 10.8 Å². The van der Waals surface area contributed by atoms with Crippen molar-refractivity contribution in [3.05, 3.63) is 96.0 Å². The van der Waals surface area contributed by atoms with Crippen LogP contribution in [0.3, 0.4) is 0 Å². The van der Waals surface area contributed by atoms with Crippen LogP contribution in [0.5, 0.6) is 17.4 Å². The molecule has 5 rings (SSSR count). The molecule has 0 aliphatic heterocycles. The van der Waals surface area contributed by atoms with Gasteiger partial charge in [0.15, 0.2) is 12.3 Å². The average Bonchev–Trinajstić information content (AvgIpc) is 3.17. The summed E-state index contributed by atoms with van der Waals surface area (Å²) in [5.41, 5.74) is 0.952. The number of carbonyl (C=O) groups is 1. The van der Waals surface area contributed by atoms with E-state index in [2.05, 4.69) is 10.2 Å². The SMILES string of the molecule is O=C(COc1cccc2ccccc12)N=Nc1c(O)n(CCOc2ccccc2Cl)c2ccccc12. The van der Waals surface area contributed by atoms with Crippen LogP contribution in [0.1, 0.15) is 0 Å². The second-order valence-electron chi connectivity index (χ2n) is 7.98. The maximum atomic E-state index is 12.4. The van der Waals surface area contributed by atoms with E-state index >= 15 is 0 Å². The summed E-state index contributed by atoms with van der Waals surface area (Å²) < 4.78 is 13.1. The minimum atomic E-state index is -0.568. The van der Waals surface area contributed by atoms with Gasteiger partial charge >= 0.3 is 5.91 Å². The molecular formula is C28H22ClN3O4. The maximum absolute atomic E-state index is 12.4. The number of aromatic nitrogens is 1. The highest BCUT2D eigenvalue weighted by atomic mass is 35.5. The third kappa shape index (κ3) is 4.87. The molecule has 1 N–H and O–H groups in total. The van der Waals surface area contributed by atoms with E-state index in [9.17, 15) is 9.90 Å². The van der Waals surface area contributed by atoms with Gasteiger partial charge in [-0.25, -0.2) is 0 Å². The molecule has 1 heterocycles. The summed E-state index contributed by atoms with van der Waals surface area (Å²) in [7, 11) is 0. The number of ether oxygens (including phenoxy) is 2. The number of azo groups is 1. The molecule has 0 unspecified atom stereocenters. The van der Waals surface area contributed by atoms with Crippen molar-refractivity contribution in [1.82, 2.24) is 4.57 Å². The Bertz CT molecular complexity index is 1570. The van der Waals surface area contributed by atoms with E-state index in [0.717, 1.165) is 16.3 Å². The molecule has 0 saturated carbocycles. The van der Waals surface area contributed by atoms with E-state index in [4.69, 9.17) is 21.1 Å². The van der Waals surface area contributed by atoms with Gasteiger partial charge in [-0.15, -0.1) is 10.2 Å². The lowest BCUT2D eigenvalue weighted by molar-refractivity contribution is -0.120. The molecule has 0 fully saturated rings. The summed E-state index contributed by atoms with van der Waals surface area (Å²) in [5, 5.41) is 21.9. The molecule has 7 nitrogen and oxygen atoms in total. The number of hydrogen-bond donors (Lipinski definition) is 1. The van der Waals surface area contributed by atoms with Gasteiger partial charge in [0.05, 0.1) is 17.1 Å². The number of para-hydroxylation sites is 2. The van der Waals surface area contributed by atoms with Crippen molar-refractivity contribution in [2.24, 2.45) is 10.2 Å². The number of nitrogens with zero attached hydrogens (tertiary/aromatic N) is 3. The van der Waals surface area contributed by atoms with Gasteiger partial charge in [-0.1, -0.05) is 78.3 Å². The first-order valence-corrected chi connectivity index (χ1v) is 11.7. The number of amides is 1. The zero-order chi connectivity index (χ0) is 24.9. The fourth-order valence-corrected chi connectivity index (χ4v) is 4.19. The number of fused-ring (bicyclic) bond motifs is 2. The van der Waals surface area contributed by atoms with Crippen molar-refractivity contribution in [3.8, 4) is 17.4 Å². The number of aromatic hydroxyl groups is 1. The highest BCUT2D eigenvalue weighted by Crippen LogP contribution is 2.39. The highest BCUT2D eigenvalue weighted by Gasteiger charge is 2.17. The van der Waals surface area contributed by atoms with Crippen molar-refractivity contribution < 1.29 is 19.4 Å². The monoisotopic (exact) mass is 499 g/mol. The minimum Gasteiger partial charge on any atom is -0.493 e.